The summed E-state index contributed by atoms with van der Waals surface area (Å²) in [6.07, 6.45) is 0. The summed E-state index contributed by atoms with van der Waals surface area (Å²) in [5, 5.41) is 0.976. The van der Waals surface area contributed by atoms with Crippen LogP contribution in [0, 0.1) is 0 Å². The molecule has 0 heterocycles. The summed E-state index contributed by atoms with van der Waals surface area (Å²) < 4.78 is 10.8. The summed E-state index contributed by atoms with van der Waals surface area (Å²) >= 11 is 12.3. The maximum Gasteiger partial charge on any atom is 0.254 e. The van der Waals surface area contributed by atoms with E-state index in [1.54, 1.807) is 30.1 Å². The van der Waals surface area contributed by atoms with Gasteiger partial charge in [0.05, 0.1) is 24.8 Å². The molecular weight excluding hydrogens is 361 g/mol. The number of hydrogen-bond donors (Lipinski definition) is 0. The smallest absolute Gasteiger partial charge is 0.254 e. The topological polar surface area (TPSA) is 38.8 Å². The molecule has 0 aliphatic rings. The van der Waals surface area contributed by atoms with Crippen LogP contribution in [0.4, 0.5) is 0 Å². The van der Waals surface area contributed by atoms with Crippen LogP contribution in [-0.2, 0) is 0 Å². The number of halogens is 2. The second-order valence-corrected chi connectivity index (χ2v) is 6.41. The van der Waals surface area contributed by atoms with Gasteiger partial charge < -0.3 is 14.4 Å². The van der Waals surface area contributed by atoms with Gasteiger partial charge in [-0.05, 0) is 43.7 Å². The largest absolute Gasteiger partial charge is 0.493 e. The molecule has 2 aromatic carbocycles. The van der Waals surface area contributed by atoms with E-state index < -0.39 is 0 Å². The second kappa shape index (κ2) is 8.45. The van der Waals surface area contributed by atoms with Crippen molar-refractivity contribution in [3.8, 4) is 11.5 Å². The molecule has 25 heavy (non-hydrogen) atoms. The van der Waals surface area contributed by atoms with Crippen LogP contribution in [0.15, 0.2) is 36.4 Å². The number of benzene rings is 2. The molecule has 4 nitrogen and oxygen atoms in total. The number of methoxy groups -OCH3 is 1. The van der Waals surface area contributed by atoms with E-state index in [2.05, 4.69) is 0 Å². The molecule has 0 aliphatic heterocycles. The Labute approximate surface area is 158 Å². The van der Waals surface area contributed by atoms with Crippen molar-refractivity contribution in [3.05, 3.63) is 57.6 Å². The Morgan fingerprint density at radius 3 is 2.56 bits per heavy atom. The van der Waals surface area contributed by atoms with E-state index in [0.717, 1.165) is 5.56 Å². The minimum Gasteiger partial charge on any atom is -0.493 e. The van der Waals surface area contributed by atoms with Gasteiger partial charge in [-0.2, -0.15) is 0 Å². The van der Waals surface area contributed by atoms with Gasteiger partial charge in [-0.15, -0.1) is 0 Å². The third-order valence-electron chi connectivity index (χ3n) is 4.00. The van der Waals surface area contributed by atoms with Crippen LogP contribution in [0.5, 0.6) is 11.5 Å². The lowest BCUT2D eigenvalue weighted by Gasteiger charge is -2.26. The molecule has 1 atom stereocenters. The van der Waals surface area contributed by atoms with E-state index in [9.17, 15) is 4.79 Å². The number of carbonyl (C=O) groups excluding carboxylic acids is 1. The first kappa shape index (κ1) is 19.4. The fourth-order valence-corrected chi connectivity index (χ4v) is 2.96. The van der Waals surface area contributed by atoms with Gasteiger partial charge >= 0.3 is 0 Å². The zero-order valence-electron chi connectivity index (χ0n) is 14.7. The average molecular weight is 382 g/mol. The molecule has 0 aliphatic carbocycles. The molecular formula is C19H21Cl2NO3. The zero-order valence-corrected chi connectivity index (χ0v) is 16.2. The highest BCUT2D eigenvalue weighted by atomic mass is 35.5. The molecule has 0 radical (unpaired) electrons. The Morgan fingerprint density at radius 1 is 1.24 bits per heavy atom. The van der Waals surface area contributed by atoms with Crippen LogP contribution >= 0.6 is 23.2 Å². The van der Waals surface area contributed by atoms with Crippen molar-refractivity contribution >= 4 is 29.1 Å². The van der Waals surface area contributed by atoms with Crippen LogP contribution in [0.25, 0.3) is 0 Å². The third kappa shape index (κ3) is 4.39. The highest BCUT2D eigenvalue weighted by Gasteiger charge is 2.22. The summed E-state index contributed by atoms with van der Waals surface area (Å²) in [5.41, 5.74) is 1.38. The molecule has 0 bridgehead atoms. The van der Waals surface area contributed by atoms with E-state index in [-0.39, 0.29) is 11.9 Å². The zero-order chi connectivity index (χ0) is 18.6. The summed E-state index contributed by atoms with van der Waals surface area (Å²) in [6.45, 7) is 4.25. The third-order valence-corrected chi connectivity index (χ3v) is 4.51. The maximum atomic E-state index is 12.9. The molecule has 0 N–H and O–H groups in total. The van der Waals surface area contributed by atoms with Crippen molar-refractivity contribution in [2.45, 2.75) is 19.9 Å². The molecule has 2 rings (SSSR count). The summed E-state index contributed by atoms with van der Waals surface area (Å²) in [5.74, 6) is 0.700. The van der Waals surface area contributed by atoms with Gasteiger partial charge in [0.15, 0.2) is 11.5 Å². The van der Waals surface area contributed by atoms with Gasteiger partial charge in [0, 0.05) is 17.6 Å². The predicted molar refractivity (Wildman–Crippen MR) is 101 cm³/mol. The molecule has 0 fully saturated rings. The fraction of sp³-hybridized carbons (Fsp3) is 0.316. The van der Waals surface area contributed by atoms with E-state index in [1.807, 2.05) is 32.0 Å². The van der Waals surface area contributed by atoms with Crippen molar-refractivity contribution in [2.75, 3.05) is 20.8 Å². The van der Waals surface area contributed by atoms with Crippen LogP contribution in [0.2, 0.25) is 10.0 Å². The van der Waals surface area contributed by atoms with Gasteiger partial charge in [0.2, 0.25) is 0 Å². The Bertz CT molecular complexity index is 764. The van der Waals surface area contributed by atoms with Gasteiger partial charge in [-0.25, -0.2) is 0 Å². The summed E-state index contributed by atoms with van der Waals surface area (Å²) in [4.78, 5) is 14.5. The SMILES string of the molecule is CCOc1c(Cl)cc(C(=O)N(C)C(C)c2cccc(Cl)c2)cc1OC. The number of carbonyl (C=O) groups is 1. The summed E-state index contributed by atoms with van der Waals surface area (Å²) in [6, 6.07) is 10.5. The lowest BCUT2D eigenvalue weighted by molar-refractivity contribution is 0.0742. The van der Waals surface area contributed by atoms with Crippen LogP contribution in [0.3, 0.4) is 0 Å². The van der Waals surface area contributed by atoms with Crippen molar-refractivity contribution in [1.82, 2.24) is 4.90 Å². The van der Waals surface area contributed by atoms with Crippen molar-refractivity contribution < 1.29 is 14.3 Å². The van der Waals surface area contributed by atoms with Crippen LogP contribution in [0.1, 0.15) is 35.8 Å². The second-order valence-electron chi connectivity index (χ2n) is 5.57. The molecule has 0 aromatic heterocycles. The summed E-state index contributed by atoms with van der Waals surface area (Å²) in [7, 11) is 3.26. The number of nitrogens with zero attached hydrogens (tertiary/aromatic N) is 1. The minimum atomic E-state index is -0.171. The highest BCUT2D eigenvalue weighted by Crippen LogP contribution is 2.37. The van der Waals surface area contributed by atoms with Gasteiger partial charge in [0.25, 0.3) is 5.91 Å². The number of hydrogen-bond acceptors (Lipinski definition) is 3. The first-order valence-electron chi connectivity index (χ1n) is 7.92. The monoisotopic (exact) mass is 381 g/mol. The quantitative estimate of drug-likeness (QED) is 0.686. The lowest BCUT2D eigenvalue weighted by Crippen LogP contribution is -2.29. The van der Waals surface area contributed by atoms with E-state index in [4.69, 9.17) is 32.7 Å². The molecule has 6 heteroatoms. The number of amides is 1. The van der Waals surface area contributed by atoms with Gasteiger partial charge in [-0.3, -0.25) is 4.79 Å². The fourth-order valence-electron chi connectivity index (χ4n) is 2.50. The molecule has 134 valence electrons. The Kier molecular flexibility index (Phi) is 6.57. The Morgan fingerprint density at radius 2 is 1.96 bits per heavy atom. The van der Waals surface area contributed by atoms with Crippen molar-refractivity contribution in [2.24, 2.45) is 0 Å². The van der Waals surface area contributed by atoms with E-state index in [1.165, 1.54) is 7.11 Å². The van der Waals surface area contributed by atoms with Crippen LogP contribution in [-0.4, -0.2) is 31.6 Å². The predicted octanol–water partition coefficient (Wildman–Crippen LogP) is 5.23. The average Bonchev–Trinajstić information content (AvgIpc) is 2.61. The van der Waals surface area contributed by atoms with E-state index in [0.29, 0.717) is 33.7 Å². The van der Waals surface area contributed by atoms with Gasteiger partial charge in [0.1, 0.15) is 0 Å². The maximum absolute atomic E-state index is 12.9. The first-order chi connectivity index (χ1) is 11.9. The highest BCUT2D eigenvalue weighted by molar-refractivity contribution is 6.32. The van der Waals surface area contributed by atoms with E-state index >= 15 is 0 Å². The molecule has 2 aromatic rings. The number of rotatable bonds is 6. The van der Waals surface area contributed by atoms with Crippen molar-refractivity contribution in [1.29, 1.82) is 0 Å². The first-order valence-corrected chi connectivity index (χ1v) is 8.67. The number of ether oxygens (including phenoxy) is 2. The molecule has 1 amide bonds. The Hall–Kier alpha value is -1.91. The van der Waals surface area contributed by atoms with Crippen LogP contribution < -0.4 is 9.47 Å². The lowest BCUT2D eigenvalue weighted by atomic mass is 10.1. The minimum absolute atomic E-state index is 0.150. The standard InChI is InChI=1S/C19H21Cl2NO3/c1-5-25-18-16(21)10-14(11-17(18)24-4)19(23)22(3)12(2)13-7-6-8-15(20)9-13/h6-12H,5H2,1-4H3. The molecule has 1 unspecified atom stereocenters. The molecule has 0 saturated heterocycles. The Balaban J connectivity index is 2.31. The molecule has 0 spiro atoms. The van der Waals surface area contributed by atoms with Gasteiger partial charge in [-0.1, -0.05) is 35.3 Å². The normalized spacial score (nSPS) is 11.8. The van der Waals surface area contributed by atoms with Crippen molar-refractivity contribution in [3.63, 3.8) is 0 Å². The molecule has 0 saturated carbocycles.